The summed E-state index contributed by atoms with van der Waals surface area (Å²) >= 11 is 0. The number of benzene rings is 1. The maximum atomic E-state index is 11.5. The van der Waals surface area contributed by atoms with Crippen LogP contribution in [0.3, 0.4) is 0 Å². The van der Waals surface area contributed by atoms with Gasteiger partial charge >= 0.3 is 12.1 Å². The first-order chi connectivity index (χ1) is 10.0. The van der Waals surface area contributed by atoms with Crippen molar-refractivity contribution in [1.82, 2.24) is 5.32 Å². The fraction of sp³-hybridized carbons (Fsp3) is 0.357. The predicted octanol–water partition coefficient (Wildman–Crippen LogP) is 0.708. The maximum Gasteiger partial charge on any atom is 0.408 e. The van der Waals surface area contributed by atoms with Crippen LogP contribution in [0.4, 0.5) is 4.79 Å². The second kappa shape index (κ2) is 8.70. The number of carbonyl (C=O) groups is 3. The molecule has 0 radical (unpaired) electrons. The van der Waals surface area contributed by atoms with Gasteiger partial charge in [-0.15, -0.1) is 0 Å². The van der Waals surface area contributed by atoms with Crippen LogP contribution in [0, 0.1) is 0 Å². The molecule has 21 heavy (non-hydrogen) atoms. The van der Waals surface area contributed by atoms with Gasteiger partial charge in [-0.3, -0.25) is 4.79 Å². The highest BCUT2D eigenvalue weighted by Crippen LogP contribution is 2.03. The highest BCUT2D eigenvalue weighted by atomic mass is 16.5. The van der Waals surface area contributed by atoms with Gasteiger partial charge in [-0.25, -0.2) is 9.59 Å². The van der Waals surface area contributed by atoms with Crippen LogP contribution >= 0.6 is 0 Å². The average molecular weight is 295 g/mol. The lowest BCUT2D eigenvalue weighted by Gasteiger charge is -2.14. The smallest absolute Gasteiger partial charge is 0.408 e. The number of rotatable bonds is 8. The zero-order valence-electron chi connectivity index (χ0n) is 11.3. The molecule has 114 valence electrons. The molecule has 7 heteroatoms. The van der Waals surface area contributed by atoms with E-state index in [4.69, 9.17) is 14.9 Å². The van der Waals surface area contributed by atoms with Gasteiger partial charge in [-0.2, -0.15) is 0 Å². The monoisotopic (exact) mass is 295 g/mol. The summed E-state index contributed by atoms with van der Waals surface area (Å²) in [6, 6.07) is 7.70. The van der Waals surface area contributed by atoms with Crippen LogP contribution in [0.25, 0.3) is 0 Å². The van der Waals surface area contributed by atoms with E-state index in [2.05, 4.69) is 5.32 Å². The van der Waals surface area contributed by atoms with E-state index in [9.17, 15) is 14.4 Å². The van der Waals surface area contributed by atoms with Gasteiger partial charge in [0.25, 0.3) is 0 Å². The van der Waals surface area contributed by atoms with Gasteiger partial charge < -0.3 is 20.3 Å². The number of aliphatic carboxylic acids is 1. The Kier molecular flexibility index (Phi) is 6.90. The summed E-state index contributed by atoms with van der Waals surface area (Å²) in [6.45, 7) is -0.626. The van der Waals surface area contributed by atoms with Crippen LogP contribution in [0.2, 0.25) is 0 Å². The summed E-state index contributed by atoms with van der Waals surface area (Å²) in [5.74, 6) is -1.75. The Labute approximate surface area is 121 Å². The van der Waals surface area contributed by atoms with E-state index in [-0.39, 0.29) is 19.4 Å². The summed E-state index contributed by atoms with van der Waals surface area (Å²) in [6.07, 6.45) is -1.11. The normalized spacial score (nSPS) is 11.5. The molecule has 0 bridgehead atoms. The number of amides is 1. The molecule has 1 amide bonds. The number of carbonyl (C=O) groups excluding carboxylic acids is 2. The van der Waals surface area contributed by atoms with Gasteiger partial charge in [0.1, 0.15) is 19.3 Å². The van der Waals surface area contributed by atoms with Gasteiger partial charge in [0.2, 0.25) is 0 Å². The first-order valence-electron chi connectivity index (χ1n) is 6.35. The largest absolute Gasteiger partial charge is 0.480 e. The fourth-order valence-electron chi connectivity index (χ4n) is 1.55. The zero-order chi connectivity index (χ0) is 15.7. The van der Waals surface area contributed by atoms with Crippen molar-refractivity contribution in [1.29, 1.82) is 0 Å². The van der Waals surface area contributed by atoms with E-state index in [0.29, 0.717) is 0 Å². The lowest BCUT2D eigenvalue weighted by Crippen LogP contribution is -2.41. The van der Waals surface area contributed by atoms with Gasteiger partial charge in [-0.1, -0.05) is 30.3 Å². The molecule has 1 aromatic carbocycles. The van der Waals surface area contributed by atoms with E-state index in [0.717, 1.165) is 5.56 Å². The molecule has 3 N–H and O–H groups in total. The summed E-state index contributed by atoms with van der Waals surface area (Å²) in [4.78, 5) is 33.4. The molecule has 0 heterocycles. The number of hydrogen-bond donors (Lipinski definition) is 3. The Morgan fingerprint density at radius 2 is 1.86 bits per heavy atom. The number of aliphatic hydroxyl groups excluding tert-OH is 1. The number of carboxylic acid groups (broad SMARTS) is 1. The van der Waals surface area contributed by atoms with Crippen molar-refractivity contribution >= 4 is 17.8 Å². The molecular formula is C14H17NO6. The Morgan fingerprint density at radius 1 is 1.19 bits per heavy atom. The minimum absolute atomic E-state index is 0.0224. The molecule has 0 saturated carbocycles. The average Bonchev–Trinajstić information content (AvgIpc) is 2.49. The van der Waals surface area contributed by atoms with Crippen LogP contribution < -0.4 is 5.32 Å². The SMILES string of the molecule is O=C(CO)CC[C@H](NC(=O)OCc1ccccc1)C(=O)O. The summed E-state index contributed by atoms with van der Waals surface area (Å²) in [5.41, 5.74) is 0.773. The lowest BCUT2D eigenvalue weighted by atomic mass is 10.1. The molecular weight excluding hydrogens is 278 g/mol. The molecule has 0 aliphatic heterocycles. The van der Waals surface area contributed by atoms with Crippen molar-refractivity contribution in [2.24, 2.45) is 0 Å². The molecule has 1 aromatic rings. The van der Waals surface area contributed by atoms with Crippen molar-refractivity contribution in [3.63, 3.8) is 0 Å². The maximum absolute atomic E-state index is 11.5. The second-order valence-corrected chi connectivity index (χ2v) is 4.33. The number of nitrogens with one attached hydrogen (secondary N) is 1. The highest BCUT2D eigenvalue weighted by molar-refractivity contribution is 5.82. The van der Waals surface area contributed by atoms with Crippen LogP contribution in [0.5, 0.6) is 0 Å². The number of Topliss-reactive ketones (excluding diaryl/α,β-unsaturated/α-hetero) is 1. The van der Waals surface area contributed by atoms with Crippen LogP contribution in [-0.2, 0) is 20.9 Å². The molecule has 1 rings (SSSR count). The number of ketones is 1. The zero-order valence-corrected chi connectivity index (χ0v) is 11.3. The van der Waals surface area contributed by atoms with E-state index in [1.807, 2.05) is 6.07 Å². The van der Waals surface area contributed by atoms with Gasteiger partial charge in [-0.05, 0) is 12.0 Å². The molecule has 1 atom stereocenters. The van der Waals surface area contributed by atoms with Crippen LogP contribution in [0.1, 0.15) is 18.4 Å². The summed E-state index contributed by atoms with van der Waals surface area (Å²) in [7, 11) is 0. The first kappa shape index (κ1) is 16.6. The second-order valence-electron chi connectivity index (χ2n) is 4.33. The third kappa shape index (κ3) is 6.53. The molecule has 0 aromatic heterocycles. The van der Waals surface area contributed by atoms with Gasteiger partial charge in [0.15, 0.2) is 5.78 Å². The van der Waals surface area contributed by atoms with Crippen LogP contribution in [0.15, 0.2) is 30.3 Å². The predicted molar refractivity (Wildman–Crippen MR) is 72.5 cm³/mol. The van der Waals surface area contributed by atoms with Crippen molar-refractivity contribution in [2.75, 3.05) is 6.61 Å². The van der Waals surface area contributed by atoms with E-state index >= 15 is 0 Å². The fourth-order valence-corrected chi connectivity index (χ4v) is 1.55. The van der Waals surface area contributed by atoms with E-state index in [1.54, 1.807) is 24.3 Å². The quantitative estimate of drug-likeness (QED) is 0.651. The Morgan fingerprint density at radius 3 is 2.43 bits per heavy atom. The first-order valence-corrected chi connectivity index (χ1v) is 6.35. The standard InChI is InChI=1S/C14H17NO6/c16-8-11(17)6-7-12(13(18)19)15-14(20)21-9-10-4-2-1-3-5-10/h1-5,12,16H,6-9H2,(H,15,20)(H,18,19)/t12-/m0/s1. The molecule has 0 saturated heterocycles. The van der Waals surface area contributed by atoms with Crippen molar-refractivity contribution in [3.8, 4) is 0 Å². The number of hydrogen-bond acceptors (Lipinski definition) is 5. The third-order valence-corrected chi connectivity index (χ3v) is 2.69. The van der Waals surface area contributed by atoms with Crippen molar-refractivity contribution in [2.45, 2.75) is 25.5 Å². The summed E-state index contributed by atoms with van der Waals surface area (Å²) < 4.78 is 4.89. The van der Waals surface area contributed by atoms with Crippen molar-refractivity contribution in [3.05, 3.63) is 35.9 Å². The Bertz CT molecular complexity index is 487. The van der Waals surface area contributed by atoms with Crippen LogP contribution in [-0.4, -0.2) is 40.7 Å². The third-order valence-electron chi connectivity index (χ3n) is 2.69. The molecule has 0 unspecified atom stereocenters. The molecule has 0 fully saturated rings. The van der Waals surface area contributed by atoms with E-state index < -0.39 is 30.5 Å². The number of alkyl carbamates (subject to hydrolysis) is 1. The molecule has 0 aliphatic carbocycles. The minimum Gasteiger partial charge on any atom is -0.480 e. The van der Waals surface area contributed by atoms with Gasteiger partial charge in [0.05, 0.1) is 0 Å². The van der Waals surface area contributed by atoms with E-state index in [1.165, 1.54) is 0 Å². The topological polar surface area (TPSA) is 113 Å². The number of ether oxygens (including phenoxy) is 1. The van der Waals surface area contributed by atoms with Gasteiger partial charge in [0, 0.05) is 6.42 Å². The molecule has 7 nitrogen and oxygen atoms in total. The molecule has 0 spiro atoms. The lowest BCUT2D eigenvalue weighted by molar-refractivity contribution is -0.139. The number of aliphatic hydroxyl groups is 1. The van der Waals surface area contributed by atoms with Crippen molar-refractivity contribution < 1.29 is 29.3 Å². The number of carboxylic acids is 1. The highest BCUT2D eigenvalue weighted by Gasteiger charge is 2.21. The molecule has 0 aliphatic rings. The summed E-state index contributed by atoms with van der Waals surface area (Å²) in [5, 5.41) is 19.7. The Balaban J connectivity index is 2.41. The minimum atomic E-state index is -1.27. The Hall–Kier alpha value is -2.41.